The van der Waals surface area contributed by atoms with E-state index in [1.54, 1.807) is 18.3 Å². The van der Waals surface area contributed by atoms with Crippen molar-refractivity contribution in [2.75, 3.05) is 31.1 Å². The predicted octanol–water partition coefficient (Wildman–Crippen LogP) is -0.0727. The quantitative estimate of drug-likeness (QED) is 0.662. The Morgan fingerprint density at radius 3 is 2.94 bits per heavy atom. The van der Waals surface area contributed by atoms with Crippen molar-refractivity contribution < 1.29 is 9.90 Å². The van der Waals surface area contributed by atoms with E-state index in [0.717, 1.165) is 32.0 Å². The van der Waals surface area contributed by atoms with E-state index in [1.165, 1.54) is 0 Å². The van der Waals surface area contributed by atoms with Crippen LogP contribution in [0, 0.1) is 11.8 Å². The summed E-state index contributed by atoms with van der Waals surface area (Å²) in [4.78, 5) is 16.8. The Balaban J connectivity index is 2.27. The van der Waals surface area contributed by atoms with Crippen LogP contribution < -0.4 is 10.2 Å². The lowest BCUT2D eigenvalue weighted by atomic mass is 10.2. The highest BCUT2D eigenvalue weighted by molar-refractivity contribution is 5.87. The number of carboxylic acids is 1. The maximum Gasteiger partial charge on any atom is 0.382 e. The molecule has 0 amide bonds. The predicted molar refractivity (Wildman–Crippen MR) is 63.8 cm³/mol. The van der Waals surface area contributed by atoms with Crippen molar-refractivity contribution >= 4 is 11.8 Å². The standard InChI is InChI=1S/C12H13N3O2/c16-11(17)4-3-10-2-1-5-14-12(10)15-8-6-13-7-9-15/h1-2,5,13H,6-9H2,(H,16,17). The number of hydrogen-bond donors (Lipinski definition) is 2. The number of nitrogens with one attached hydrogen (secondary N) is 1. The van der Waals surface area contributed by atoms with Crippen molar-refractivity contribution in [3.63, 3.8) is 0 Å². The molecule has 1 aliphatic heterocycles. The molecular formula is C12H13N3O2. The fraction of sp³-hybridized carbons (Fsp3) is 0.333. The summed E-state index contributed by atoms with van der Waals surface area (Å²) in [5.41, 5.74) is 0.664. The van der Waals surface area contributed by atoms with Gasteiger partial charge in [-0.1, -0.05) is 5.92 Å². The maximum absolute atomic E-state index is 10.4. The van der Waals surface area contributed by atoms with Gasteiger partial charge >= 0.3 is 5.97 Å². The molecule has 1 fully saturated rings. The van der Waals surface area contributed by atoms with Crippen LogP contribution in [0.5, 0.6) is 0 Å². The number of piperazine rings is 1. The molecule has 0 bridgehead atoms. The molecule has 88 valence electrons. The van der Waals surface area contributed by atoms with Crippen LogP contribution in [0.2, 0.25) is 0 Å². The van der Waals surface area contributed by atoms with E-state index in [-0.39, 0.29) is 0 Å². The number of nitrogens with zero attached hydrogens (tertiary/aromatic N) is 2. The van der Waals surface area contributed by atoms with Crippen LogP contribution in [0.3, 0.4) is 0 Å². The van der Waals surface area contributed by atoms with Crippen LogP contribution in [0.25, 0.3) is 0 Å². The minimum atomic E-state index is -1.12. The highest BCUT2D eigenvalue weighted by atomic mass is 16.4. The largest absolute Gasteiger partial charge is 0.472 e. The molecule has 0 unspecified atom stereocenters. The van der Waals surface area contributed by atoms with Gasteiger partial charge in [-0.15, -0.1) is 0 Å². The molecule has 17 heavy (non-hydrogen) atoms. The van der Waals surface area contributed by atoms with E-state index < -0.39 is 5.97 Å². The van der Waals surface area contributed by atoms with Gasteiger partial charge in [-0.05, 0) is 12.1 Å². The molecule has 0 atom stereocenters. The topological polar surface area (TPSA) is 65.5 Å². The fourth-order valence-electron chi connectivity index (χ4n) is 1.74. The zero-order chi connectivity index (χ0) is 12.1. The van der Waals surface area contributed by atoms with Gasteiger partial charge in [0, 0.05) is 38.3 Å². The number of aromatic nitrogens is 1. The number of pyridine rings is 1. The molecule has 0 aliphatic carbocycles. The minimum absolute atomic E-state index is 0.664. The normalized spacial score (nSPS) is 14.9. The number of rotatable bonds is 1. The Hall–Kier alpha value is -2.06. The summed E-state index contributed by atoms with van der Waals surface area (Å²) in [6.07, 6.45) is 1.70. The van der Waals surface area contributed by atoms with Crippen molar-refractivity contribution in [2.45, 2.75) is 0 Å². The monoisotopic (exact) mass is 231 g/mol. The first-order valence-electron chi connectivity index (χ1n) is 5.43. The molecule has 2 heterocycles. The Kier molecular flexibility index (Phi) is 3.58. The maximum atomic E-state index is 10.4. The summed E-state index contributed by atoms with van der Waals surface area (Å²) in [7, 11) is 0. The molecule has 1 saturated heterocycles. The molecule has 0 aromatic carbocycles. The zero-order valence-electron chi connectivity index (χ0n) is 9.31. The van der Waals surface area contributed by atoms with Crippen molar-refractivity contribution in [2.24, 2.45) is 0 Å². The number of carbonyl (C=O) groups is 1. The smallest absolute Gasteiger partial charge is 0.382 e. The Bertz CT molecular complexity index is 470. The second kappa shape index (κ2) is 5.32. The average Bonchev–Trinajstić information content (AvgIpc) is 2.38. The van der Waals surface area contributed by atoms with E-state index in [2.05, 4.69) is 27.0 Å². The molecular weight excluding hydrogens is 218 g/mol. The van der Waals surface area contributed by atoms with E-state index in [4.69, 9.17) is 5.11 Å². The van der Waals surface area contributed by atoms with Crippen LogP contribution in [0.1, 0.15) is 5.56 Å². The van der Waals surface area contributed by atoms with E-state index in [0.29, 0.717) is 5.56 Å². The molecule has 2 N–H and O–H groups in total. The number of hydrogen-bond acceptors (Lipinski definition) is 4. The van der Waals surface area contributed by atoms with Gasteiger partial charge in [0.1, 0.15) is 5.82 Å². The number of aliphatic carboxylic acids is 1. The van der Waals surface area contributed by atoms with Gasteiger partial charge < -0.3 is 15.3 Å². The van der Waals surface area contributed by atoms with Crippen molar-refractivity contribution in [1.82, 2.24) is 10.3 Å². The molecule has 1 aromatic heterocycles. The van der Waals surface area contributed by atoms with Crippen LogP contribution in [0.15, 0.2) is 18.3 Å². The first kappa shape index (κ1) is 11.4. The average molecular weight is 231 g/mol. The van der Waals surface area contributed by atoms with Crippen LogP contribution in [0.4, 0.5) is 5.82 Å². The van der Waals surface area contributed by atoms with Crippen molar-refractivity contribution in [1.29, 1.82) is 0 Å². The summed E-state index contributed by atoms with van der Waals surface area (Å²) in [6, 6.07) is 3.55. The van der Waals surface area contributed by atoms with Gasteiger partial charge in [0.15, 0.2) is 0 Å². The van der Waals surface area contributed by atoms with Crippen LogP contribution in [-0.2, 0) is 4.79 Å². The van der Waals surface area contributed by atoms with Crippen LogP contribution in [-0.4, -0.2) is 42.2 Å². The third-order valence-corrected chi connectivity index (χ3v) is 2.51. The molecule has 1 aliphatic rings. The Labute approximate surface area is 99.5 Å². The third-order valence-electron chi connectivity index (χ3n) is 2.51. The van der Waals surface area contributed by atoms with E-state index >= 15 is 0 Å². The van der Waals surface area contributed by atoms with Gasteiger partial charge in [-0.25, -0.2) is 9.78 Å². The number of carboxylic acid groups (broad SMARTS) is 1. The molecule has 0 radical (unpaired) electrons. The van der Waals surface area contributed by atoms with Gasteiger partial charge in [0.05, 0.1) is 5.56 Å². The number of anilines is 1. The van der Waals surface area contributed by atoms with Gasteiger partial charge in [0.2, 0.25) is 0 Å². The first-order valence-corrected chi connectivity index (χ1v) is 5.43. The van der Waals surface area contributed by atoms with Gasteiger partial charge in [-0.2, -0.15) is 0 Å². The highest BCUT2D eigenvalue weighted by Gasteiger charge is 2.14. The summed E-state index contributed by atoms with van der Waals surface area (Å²) < 4.78 is 0. The molecule has 5 nitrogen and oxygen atoms in total. The van der Waals surface area contributed by atoms with E-state index in [9.17, 15) is 4.79 Å². The second-order valence-electron chi connectivity index (χ2n) is 3.67. The lowest BCUT2D eigenvalue weighted by molar-refractivity contribution is -0.130. The highest BCUT2D eigenvalue weighted by Crippen LogP contribution is 2.16. The van der Waals surface area contributed by atoms with E-state index in [1.807, 2.05) is 0 Å². The minimum Gasteiger partial charge on any atom is -0.472 e. The van der Waals surface area contributed by atoms with Gasteiger partial charge in [0.25, 0.3) is 0 Å². The summed E-state index contributed by atoms with van der Waals surface area (Å²) in [5, 5.41) is 11.8. The Morgan fingerprint density at radius 2 is 2.24 bits per heavy atom. The third kappa shape index (κ3) is 2.95. The molecule has 0 saturated carbocycles. The van der Waals surface area contributed by atoms with Gasteiger partial charge in [-0.3, -0.25) is 0 Å². The lowest BCUT2D eigenvalue weighted by Crippen LogP contribution is -2.44. The summed E-state index contributed by atoms with van der Waals surface area (Å²) >= 11 is 0. The summed E-state index contributed by atoms with van der Waals surface area (Å²) in [6.45, 7) is 3.53. The molecule has 2 rings (SSSR count). The Morgan fingerprint density at radius 1 is 1.47 bits per heavy atom. The fourth-order valence-corrected chi connectivity index (χ4v) is 1.74. The first-order chi connectivity index (χ1) is 8.27. The second-order valence-corrected chi connectivity index (χ2v) is 3.67. The van der Waals surface area contributed by atoms with Crippen molar-refractivity contribution in [3.8, 4) is 11.8 Å². The molecule has 1 aromatic rings. The summed E-state index contributed by atoms with van der Waals surface area (Å²) in [5.74, 6) is 4.40. The zero-order valence-corrected chi connectivity index (χ0v) is 9.31. The lowest BCUT2D eigenvalue weighted by Gasteiger charge is -2.29. The van der Waals surface area contributed by atoms with Crippen LogP contribution >= 0.6 is 0 Å². The SMILES string of the molecule is O=C(O)C#Cc1cccnc1N1CCNCC1. The molecule has 5 heteroatoms. The van der Waals surface area contributed by atoms with Crippen molar-refractivity contribution in [3.05, 3.63) is 23.9 Å². The molecule has 0 spiro atoms.